The van der Waals surface area contributed by atoms with Gasteiger partial charge < -0.3 is 33.8 Å². The van der Waals surface area contributed by atoms with E-state index in [9.17, 15) is 43.2 Å². The molecule has 0 bridgehead atoms. The Hall–Kier alpha value is -1.94. The minimum Gasteiger partial charge on any atom is -0.462 e. The molecule has 0 fully saturated rings. The Morgan fingerprint density at radius 3 is 0.716 bits per heavy atom. The van der Waals surface area contributed by atoms with Crippen molar-refractivity contribution in [1.82, 2.24) is 0 Å². The predicted octanol–water partition coefficient (Wildman–Crippen LogP) is 22.3. The summed E-state index contributed by atoms with van der Waals surface area (Å²) in [6, 6.07) is 0. The van der Waals surface area contributed by atoms with Gasteiger partial charge in [0, 0.05) is 25.7 Å². The molecule has 5 atom stereocenters. The maximum Gasteiger partial charge on any atom is 0.472 e. The van der Waals surface area contributed by atoms with E-state index in [0.717, 1.165) is 102 Å². The molecule has 0 aromatic rings. The first kappa shape index (κ1) is 93.1. The summed E-state index contributed by atoms with van der Waals surface area (Å²) >= 11 is 0. The lowest BCUT2D eigenvalue weighted by Gasteiger charge is -2.21. The van der Waals surface area contributed by atoms with E-state index in [1.807, 2.05) is 0 Å². The van der Waals surface area contributed by atoms with Crippen molar-refractivity contribution >= 4 is 39.5 Å². The van der Waals surface area contributed by atoms with E-state index in [1.54, 1.807) is 0 Å². The largest absolute Gasteiger partial charge is 0.472 e. The standard InChI is InChI=1S/C76H148O17P2/c1-7-9-11-13-15-17-19-20-21-24-28-35-41-47-53-59-74(79)87-65-71(92-75(80)60-54-48-42-36-29-25-22-23-27-32-38-44-50-56-68(3)4)66-90-94(82,83)88-62-70(77)63-89-95(84,85)91-67-72(64-86-73(78)58-52-46-40-34-26-18-16-14-12-10-8-2)93-76(81)61-55-49-43-37-31-30-33-39-45-51-57-69(5)6/h68-72,77H,7-67H2,1-6H3,(H,82,83)(H,84,85)/t70-,71-,72-/m1/s1. The number of phosphoric acid groups is 2. The van der Waals surface area contributed by atoms with E-state index >= 15 is 0 Å². The van der Waals surface area contributed by atoms with Crippen molar-refractivity contribution in [2.75, 3.05) is 39.6 Å². The van der Waals surface area contributed by atoms with Gasteiger partial charge in [-0.05, 0) is 37.5 Å². The van der Waals surface area contributed by atoms with Crippen LogP contribution < -0.4 is 0 Å². The van der Waals surface area contributed by atoms with E-state index in [2.05, 4.69) is 41.5 Å². The molecule has 0 amide bonds. The monoisotopic (exact) mass is 1400 g/mol. The van der Waals surface area contributed by atoms with Gasteiger partial charge in [0.25, 0.3) is 0 Å². The molecule has 0 spiro atoms. The highest BCUT2D eigenvalue weighted by molar-refractivity contribution is 7.47. The van der Waals surface area contributed by atoms with Crippen molar-refractivity contribution in [1.29, 1.82) is 0 Å². The molecule has 0 aliphatic carbocycles. The summed E-state index contributed by atoms with van der Waals surface area (Å²) < 4.78 is 68.6. The fraction of sp³-hybridized carbons (Fsp3) is 0.947. The van der Waals surface area contributed by atoms with Crippen LogP contribution in [-0.4, -0.2) is 96.7 Å². The van der Waals surface area contributed by atoms with Gasteiger partial charge in [-0.15, -0.1) is 0 Å². The molecule has 0 rings (SSSR count). The number of aliphatic hydroxyl groups excluding tert-OH is 1. The molecule has 0 saturated carbocycles. The fourth-order valence-corrected chi connectivity index (χ4v) is 13.2. The van der Waals surface area contributed by atoms with E-state index in [1.165, 1.54) is 212 Å². The topological polar surface area (TPSA) is 237 Å². The third-order valence-electron chi connectivity index (χ3n) is 17.7. The second kappa shape index (κ2) is 67.9. The average molecular weight is 1400 g/mol. The molecule has 0 aromatic carbocycles. The van der Waals surface area contributed by atoms with Gasteiger partial charge in [0.05, 0.1) is 26.4 Å². The van der Waals surface area contributed by atoms with E-state index in [-0.39, 0.29) is 25.7 Å². The van der Waals surface area contributed by atoms with Crippen LogP contribution in [0.5, 0.6) is 0 Å². The summed E-state index contributed by atoms with van der Waals surface area (Å²) in [6.07, 6.45) is 55.3. The van der Waals surface area contributed by atoms with Crippen LogP contribution in [0.3, 0.4) is 0 Å². The lowest BCUT2D eigenvalue weighted by molar-refractivity contribution is -0.161. The van der Waals surface area contributed by atoms with Crippen molar-refractivity contribution in [3.8, 4) is 0 Å². The van der Waals surface area contributed by atoms with Gasteiger partial charge in [-0.3, -0.25) is 37.3 Å². The van der Waals surface area contributed by atoms with Crippen LogP contribution in [-0.2, 0) is 65.4 Å². The summed E-state index contributed by atoms with van der Waals surface area (Å²) in [7, 11) is -9.91. The Morgan fingerprint density at radius 1 is 0.284 bits per heavy atom. The minimum absolute atomic E-state index is 0.106. The highest BCUT2D eigenvalue weighted by Crippen LogP contribution is 2.45. The fourth-order valence-electron chi connectivity index (χ4n) is 11.7. The number of aliphatic hydroxyl groups is 1. The zero-order valence-electron chi connectivity index (χ0n) is 62.0. The maximum absolute atomic E-state index is 13.1. The predicted molar refractivity (Wildman–Crippen MR) is 386 cm³/mol. The Bertz CT molecular complexity index is 1840. The SMILES string of the molecule is CCCCCCCCCCCCCCCCCC(=O)OC[C@H](COP(=O)(O)OC[C@@H](O)COP(=O)(O)OC[C@@H](COC(=O)CCCCCCCCCCCCC)OC(=O)CCCCCCCCCCCCC(C)C)OC(=O)CCCCCCCCCCCCCCCC(C)C. The average Bonchev–Trinajstić information content (AvgIpc) is 2.82. The lowest BCUT2D eigenvalue weighted by atomic mass is 10.0. The second-order valence-electron chi connectivity index (χ2n) is 28.3. The molecule has 2 unspecified atom stereocenters. The van der Waals surface area contributed by atoms with Gasteiger partial charge in [-0.25, -0.2) is 9.13 Å². The van der Waals surface area contributed by atoms with Crippen LogP contribution in [0.15, 0.2) is 0 Å². The summed E-state index contributed by atoms with van der Waals surface area (Å²) in [5.74, 6) is -0.575. The first-order chi connectivity index (χ1) is 45.9. The number of hydrogen-bond acceptors (Lipinski definition) is 15. The summed E-state index contributed by atoms with van der Waals surface area (Å²) in [6.45, 7) is 9.61. The lowest BCUT2D eigenvalue weighted by Crippen LogP contribution is -2.30. The third kappa shape index (κ3) is 70.3. The van der Waals surface area contributed by atoms with Crippen LogP contribution in [0.1, 0.15) is 395 Å². The highest BCUT2D eigenvalue weighted by atomic mass is 31.2. The first-order valence-electron chi connectivity index (χ1n) is 39.5. The molecule has 0 aliphatic rings. The van der Waals surface area contributed by atoms with Gasteiger partial charge in [0.2, 0.25) is 0 Å². The smallest absolute Gasteiger partial charge is 0.462 e. The number of unbranched alkanes of at least 4 members (excludes halogenated alkanes) is 45. The Kier molecular flexibility index (Phi) is 66.5. The molecule has 0 heterocycles. The molecule has 0 aromatic heterocycles. The second-order valence-corrected chi connectivity index (χ2v) is 31.3. The number of carbonyl (C=O) groups is 4. The quantitative estimate of drug-likeness (QED) is 0.0222. The summed E-state index contributed by atoms with van der Waals surface area (Å²) in [5, 5.41) is 10.6. The molecule has 95 heavy (non-hydrogen) atoms. The third-order valence-corrected chi connectivity index (χ3v) is 19.6. The molecule has 0 radical (unpaired) electrons. The molecule has 3 N–H and O–H groups in total. The highest BCUT2D eigenvalue weighted by Gasteiger charge is 2.30. The molecule has 564 valence electrons. The van der Waals surface area contributed by atoms with Crippen LogP contribution in [0.2, 0.25) is 0 Å². The number of rotatable bonds is 75. The van der Waals surface area contributed by atoms with Crippen molar-refractivity contribution in [2.24, 2.45) is 11.8 Å². The molecule has 17 nitrogen and oxygen atoms in total. The van der Waals surface area contributed by atoms with Gasteiger partial charge >= 0.3 is 39.5 Å². The van der Waals surface area contributed by atoms with Crippen LogP contribution >= 0.6 is 15.6 Å². The molecule has 19 heteroatoms. The number of ether oxygens (including phenoxy) is 4. The van der Waals surface area contributed by atoms with Gasteiger partial charge in [-0.1, -0.05) is 343 Å². The summed E-state index contributed by atoms with van der Waals surface area (Å²) in [4.78, 5) is 72.8. The van der Waals surface area contributed by atoms with Crippen LogP contribution in [0.25, 0.3) is 0 Å². The van der Waals surface area contributed by atoms with Gasteiger partial charge in [0.1, 0.15) is 19.3 Å². The normalized spacial score (nSPS) is 14.0. The van der Waals surface area contributed by atoms with Gasteiger partial charge in [0.15, 0.2) is 12.2 Å². The van der Waals surface area contributed by atoms with Crippen LogP contribution in [0, 0.1) is 11.8 Å². The van der Waals surface area contributed by atoms with Crippen molar-refractivity contribution < 1.29 is 80.2 Å². The van der Waals surface area contributed by atoms with E-state index in [0.29, 0.717) is 25.7 Å². The Balaban J connectivity index is 5.26. The number of phosphoric ester groups is 2. The Labute approximate surface area is 581 Å². The number of carbonyl (C=O) groups excluding carboxylic acids is 4. The van der Waals surface area contributed by atoms with E-state index < -0.39 is 97.5 Å². The maximum atomic E-state index is 13.1. The van der Waals surface area contributed by atoms with Crippen molar-refractivity contribution in [2.45, 2.75) is 413 Å². The van der Waals surface area contributed by atoms with Crippen LogP contribution in [0.4, 0.5) is 0 Å². The number of esters is 4. The molecule has 0 saturated heterocycles. The zero-order chi connectivity index (χ0) is 70.0. The summed E-state index contributed by atoms with van der Waals surface area (Å²) in [5.41, 5.74) is 0. The first-order valence-corrected chi connectivity index (χ1v) is 42.5. The number of hydrogen-bond donors (Lipinski definition) is 3. The Morgan fingerprint density at radius 2 is 0.484 bits per heavy atom. The van der Waals surface area contributed by atoms with Crippen molar-refractivity contribution in [3.05, 3.63) is 0 Å². The molecular weight excluding hydrogens is 1250 g/mol. The molecule has 0 aliphatic heterocycles. The van der Waals surface area contributed by atoms with Crippen molar-refractivity contribution in [3.63, 3.8) is 0 Å². The minimum atomic E-state index is -4.96. The molecular formula is C76H148O17P2. The van der Waals surface area contributed by atoms with E-state index in [4.69, 9.17) is 37.0 Å². The van der Waals surface area contributed by atoms with Gasteiger partial charge in [-0.2, -0.15) is 0 Å². The zero-order valence-corrected chi connectivity index (χ0v) is 63.8.